The number of nitrogens with one attached hydrogen (secondary N) is 1. The highest BCUT2D eigenvalue weighted by atomic mass is 32.2. The van der Waals surface area contributed by atoms with E-state index in [0.717, 1.165) is 0 Å². The molecule has 1 rings (SSSR count). The fourth-order valence-corrected chi connectivity index (χ4v) is 3.31. The van der Waals surface area contributed by atoms with Crippen molar-refractivity contribution in [3.8, 4) is 0 Å². The predicted octanol–water partition coefficient (Wildman–Crippen LogP) is 1.18. The lowest BCUT2D eigenvalue weighted by Gasteiger charge is -2.34. The summed E-state index contributed by atoms with van der Waals surface area (Å²) in [5, 5.41) is 11.8. The number of aliphatic hydroxyl groups is 1. The average molecular weight is 304 g/mol. The zero-order valence-electron chi connectivity index (χ0n) is 12.7. The van der Waals surface area contributed by atoms with E-state index >= 15 is 0 Å². The molecule has 0 spiro atoms. The molecule has 116 valence electrons. The molecule has 6 nitrogen and oxygen atoms in total. The molecule has 0 radical (unpaired) electrons. The van der Waals surface area contributed by atoms with Gasteiger partial charge in [-0.3, -0.25) is 4.79 Å². The Morgan fingerprint density at radius 2 is 2.05 bits per heavy atom. The standard InChI is InChI=1S/C13H24N2O4S/c1-12(2,3)19-11(18)14-6-10(17)15-9(7-16)8-20-13(15,4)5/h9,16H,6-8H2,1-5H3,(H,14,18). The summed E-state index contributed by atoms with van der Waals surface area (Å²) in [7, 11) is 0. The zero-order valence-corrected chi connectivity index (χ0v) is 13.5. The van der Waals surface area contributed by atoms with Gasteiger partial charge in [0.25, 0.3) is 0 Å². The van der Waals surface area contributed by atoms with Crippen molar-refractivity contribution < 1.29 is 19.4 Å². The van der Waals surface area contributed by atoms with E-state index in [1.54, 1.807) is 37.4 Å². The molecule has 1 aliphatic heterocycles. The first-order valence-corrected chi connectivity index (χ1v) is 7.59. The van der Waals surface area contributed by atoms with Crippen molar-refractivity contribution in [2.75, 3.05) is 18.9 Å². The summed E-state index contributed by atoms with van der Waals surface area (Å²) in [5.74, 6) is 0.478. The molecule has 2 amide bonds. The molecular weight excluding hydrogens is 280 g/mol. The number of alkyl carbamates (subject to hydrolysis) is 1. The summed E-state index contributed by atoms with van der Waals surface area (Å²) in [6.45, 7) is 8.94. The molecule has 1 fully saturated rings. The third-order valence-electron chi connectivity index (χ3n) is 2.84. The van der Waals surface area contributed by atoms with Gasteiger partial charge < -0.3 is 20.1 Å². The van der Waals surface area contributed by atoms with Crippen molar-refractivity contribution in [1.29, 1.82) is 0 Å². The van der Waals surface area contributed by atoms with Gasteiger partial charge in [0, 0.05) is 5.75 Å². The Morgan fingerprint density at radius 3 is 2.55 bits per heavy atom. The topological polar surface area (TPSA) is 78.9 Å². The van der Waals surface area contributed by atoms with Crippen LogP contribution in [0.4, 0.5) is 4.79 Å². The number of carbonyl (C=O) groups excluding carboxylic acids is 2. The van der Waals surface area contributed by atoms with E-state index < -0.39 is 11.7 Å². The Balaban J connectivity index is 2.56. The van der Waals surface area contributed by atoms with Crippen LogP contribution in [0.3, 0.4) is 0 Å². The minimum atomic E-state index is -0.615. The average Bonchev–Trinajstić information content (AvgIpc) is 2.59. The summed E-state index contributed by atoms with van der Waals surface area (Å²) in [5.41, 5.74) is -0.594. The molecule has 7 heteroatoms. The van der Waals surface area contributed by atoms with Crippen LogP contribution in [0, 0.1) is 0 Å². The maximum atomic E-state index is 12.2. The summed E-state index contributed by atoms with van der Waals surface area (Å²) in [6.07, 6.45) is -0.615. The van der Waals surface area contributed by atoms with Crippen LogP contribution in [0.5, 0.6) is 0 Å². The molecule has 0 bridgehead atoms. The first-order valence-electron chi connectivity index (χ1n) is 6.60. The molecule has 0 aromatic heterocycles. The molecule has 0 aliphatic carbocycles. The number of hydrogen-bond donors (Lipinski definition) is 2. The van der Waals surface area contributed by atoms with E-state index in [-0.39, 0.29) is 30.0 Å². The lowest BCUT2D eigenvalue weighted by molar-refractivity contribution is -0.135. The van der Waals surface area contributed by atoms with E-state index in [1.165, 1.54) is 0 Å². The minimum absolute atomic E-state index is 0.0748. The van der Waals surface area contributed by atoms with E-state index in [9.17, 15) is 14.7 Å². The maximum Gasteiger partial charge on any atom is 0.408 e. The van der Waals surface area contributed by atoms with Crippen LogP contribution in [0.1, 0.15) is 34.6 Å². The van der Waals surface area contributed by atoms with Gasteiger partial charge >= 0.3 is 6.09 Å². The van der Waals surface area contributed by atoms with E-state index in [2.05, 4.69) is 5.32 Å². The fourth-order valence-electron chi connectivity index (χ4n) is 2.07. The molecule has 1 aliphatic rings. The maximum absolute atomic E-state index is 12.2. The monoisotopic (exact) mass is 304 g/mol. The van der Waals surface area contributed by atoms with E-state index in [1.807, 2.05) is 13.8 Å². The summed E-state index contributed by atoms with van der Waals surface area (Å²) < 4.78 is 5.08. The van der Waals surface area contributed by atoms with Crippen LogP contribution < -0.4 is 5.32 Å². The quantitative estimate of drug-likeness (QED) is 0.818. The highest BCUT2D eigenvalue weighted by Crippen LogP contribution is 2.38. The highest BCUT2D eigenvalue weighted by molar-refractivity contribution is 8.00. The third kappa shape index (κ3) is 4.56. The number of thioether (sulfide) groups is 1. The van der Waals surface area contributed by atoms with Crippen molar-refractivity contribution in [2.45, 2.75) is 51.1 Å². The second-order valence-electron chi connectivity index (χ2n) is 6.21. The fraction of sp³-hybridized carbons (Fsp3) is 0.846. The van der Waals surface area contributed by atoms with Crippen LogP contribution in [0.2, 0.25) is 0 Å². The number of hydrogen-bond acceptors (Lipinski definition) is 5. The van der Waals surface area contributed by atoms with Crippen molar-refractivity contribution in [3.05, 3.63) is 0 Å². The molecule has 1 atom stereocenters. The predicted molar refractivity (Wildman–Crippen MR) is 78.5 cm³/mol. The van der Waals surface area contributed by atoms with Gasteiger partial charge in [0.1, 0.15) is 12.1 Å². The van der Waals surface area contributed by atoms with Gasteiger partial charge in [0.05, 0.1) is 17.5 Å². The van der Waals surface area contributed by atoms with Crippen LogP contribution >= 0.6 is 11.8 Å². The molecule has 0 aromatic rings. The Kier molecular flexibility index (Phi) is 5.32. The first kappa shape index (κ1) is 17.1. The Bertz CT molecular complexity index is 379. The first-order chi connectivity index (χ1) is 9.07. The van der Waals surface area contributed by atoms with Gasteiger partial charge in [0.2, 0.25) is 5.91 Å². The largest absolute Gasteiger partial charge is 0.444 e. The van der Waals surface area contributed by atoms with Crippen molar-refractivity contribution in [3.63, 3.8) is 0 Å². The summed E-state index contributed by atoms with van der Waals surface area (Å²) >= 11 is 1.61. The SMILES string of the molecule is CC(C)(C)OC(=O)NCC(=O)N1C(CO)CSC1(C)C. The smallest absolute Gasteiger partial charge is 0.408 e. The van der Waals surface area contributed by atoms with Gasteiger partial charge in [-0.15, -0.1) is 11.8 Å². The molecule has 20 heavy (non-hydrogen) atoms. The number of amides is 2. The van der Waals surface area contributed by atoms with Gasteiger partial charge in [-0.05, 0) is 34.6 Å². The van der Waals surface area contributed by atoms with Gasteiger partial charge in [-0.1, -0.05) is 0 Å². The number of rotatable bonds is 3. The van der Waals surface area contributed by atoms with Crippen molar-refractivity contribution >= 4 is 23.8 Å². The Morgan fingerprint density at radius 1 is 1.45 bits per heavy atom. The third-order valence-corrected chi connectivity index (χ3v) is 4.29. The second kappa shape index (κ2) is 6.22. The van der Waals surface area contributed by atoms with Gasteiger partial charge in [-0.25, -0.2) is 4.79 Å². The number of carbonyl (C=O) groups is 2. The molecule has 1 unspecified atom stereocenters. The van der Waals surface area contributed by atoms with Crippen LogP contribution in [-0.4, -0.2) is 57.4 Å². The number of ether oxygens (including phenoxy) is 1. The van der Waals surface area contributed by atoms with E-state index in [0.29, 0.717) is 5.75 Å². The molecule has 2 N–H and O–H groups in total. The second-order valence-corrected chi connectivity index (χ2v) is 7.83. The Hall–Kier alpha value is -0.950. The van der Waals surface area contributed by atoms with Crippen molar-refractivity contribution in [2.24, 2.45) is 0 Å². The summed E-state index contributed by atoms with van der Waals surface area (Å²) in [4.78, 5) is 25.0. The number of nitrogens with zero attached hydrogens (tertiary/aromatic N) is 1. The molecule has 1 heterocycles. The molecular formula is C13H24N2O4S. The van der Waals surface area contributed by atoms with Gasteiger partial charge in [-0.2, -0.15) is 0 Å². The minimum Gasteiger partial charge on any atom is -0.444 e. The summed E-state index contributed by atoms with van der Waals surface area (Å²) in [6, 6.07) is -0.206. The highest BCUT2D eigenvalue weighted by Gasteiger charge is 2.42. The van der Waals surface area contributed by atoms with Crippen LogP contribution in [0.25, 0.3) is 0 Å². The number of aliphatic hydroxyl groups excluding tert-OH is 1. The molecule has 0 aromatic carbocycles. The van der Waals surface area contributed by atoms with Crippen molar-refractivity contribution in [1.82, 2.24) is 10.2 Å². The lowest BCUT2D eigenvalue weighted by Crippen LogP contribution is -2.51. The van der Waals surface area contributed by atoms with Gasteiger partial charge in [0.15, 0.2) is 0 Å². The lowest BCUT2D eigenvalue weighted by atomic mass is 10.2. The Labute approximate surface area is 124 Å². The van der Waals surface area contributed by atoms with E-state index in [4.69, 9.17) is 4.74 Å². The molecule has 1 saturated heterocycles. The van der Waals surface area contributed by atoms with Crippen LogP contribution in [-0.2, 0) is 9.53 Å². The zero-order chi connectivity index (χ0) is 15.6. The van der Waals surface area contributed by atoms with Crippen LogP contribution in [0.15, 0.2) is 0 Å². The normalized spacial score (nSPS) is 21.7. The molecule has 0 saturated carbocycles.